The number of hydrogen-bond donors (Lipinski definition) is 3. The van der Waals surface area contributed by atoms with Crippen LogP contribution in [0.4, 0.5) is 0 Å². The number of likely N-dealkylation sites (N-methyl/N-ethyl adjacent to an activating group) is 2. The first-order chi connectivity index (χ1) is 21.1. The zero-order valence-electron chi connectivity index (χ0n) is 28.3. The van der Waals surface area contributed by atoms with Gasteiger partial charge in [0, 0.05) is 37.9 Å². The smallest absolute Gasteiger partial charge is 0.306 e. The number of aliphatic carboxylic acids is 1. The summed E-state index contributed by atoms with van der Waals surface area (Å²) >= 11 is 1.18. The minimum atomic E-state index is -0.936. The zero-order chi connectivity index (χ0) is 34.0. The maximum Gasteiger partial charge on any atom is 0.306 e. The number of carboxylic acids is 1. The van der Waals surface area contributed by atoms with Gasteiger partial charge in [-0.2, -0.15) is 0 Å². The summed E-state index contributed by atoms with van der Waals surface area (Å²) in [5, 5.41) is 17.0. The molecule has 3 amide bonds. The summed E-state index contributed by atoms with van der Waals surface area (Å²) in [7, 11) is 3.65. The Morgan fingerprint density at radius 1 is 1.11 bits per heavy atom. The van der Waals surface area contributed by atoms with Crippen molar-refractivity contribution < 1.29 is 33.8 Å². The number of nitrogens with one attached hydrogen (secondary N) is 2. The third-order valence-electron chi connectivity index (χ3n) is 8.76. The number of rotatable bonds is 16. The molecule has 0 bridgehead atoms. The Bertz CT molecular complexity index is 1170. The van der Waals surface area contributed by atoms with E-state index in [1.807, 2.05) is 39.6 Å². The quantitative estimate of drug-likeness (QED) is 0.226. The lowest BCUT2D eigenvalue weighted by Crippen LogP contribution is -2.58. The van der Waals surface area contributed by atoms with Crippen LogP contribution in [0.3, 0.4) is 0 Å². The molecule has 0 aliphatic carbocycles. The van der Waals surface area contributed by atoms with E-state index in [2.05, 4.69) is 15.6 Å². The SMILES string of the molecule is CC[C@H](C)[C@H](NC(=O)[C@H]1CCCCN1C)C(=O)N(C)[C@H](C[C@@H](OC(C)=O)c1nc(C(=O)NC(C)CC(C)C(=O)O)cs1)C(C)C. The molecule has 254 valence electrons. The number of thiazole rings is 1. The molecule has 12 nitrogen and oxygen atoms in total. The Kier molecular flexibility index (Phi) is 14.9. The van der Waals surface area contributed by atoms with Crippen LogP contribution >= 0.6 is 11.3 Å². The van der Waals surface area contributed by atoms with Crippen molar-refractivity contribution >= 4 is 41.0 Å². The molecule has 7 atom stereocenters. The Morgan fingerprint density at radius 2 is 1.78 bits per heavy atom. The Labute approximate surface area is 271 Å². The summed E-state index contributed by atoms with van der Waals surface area (Å²) < 4.78 is 5.68. The summed E-state index contributed by atoms with van der Waals surface area (Å²) in [6.45, 7) is 13.4. The summed E-state index contributed by atoms with van der Waals surface area (Å²) in [5.74, 6) is -3.00. The molecule has 2 rings (SSSR count). The van der Waals surface area contributed by atoms with E-state index in [0.29, 0.717) is 11.4 Å². The van der Waals surface area contributed by atoms with Gasteiger partial charge in [0.2, 0.25) is 11.8 Å². The van der Waals surface area contributed by atoms with E-state index >= 15 is 0 Å². The van der Waals surface area contributed by atoms with E-state index in [0.717, 1.165) is 25.8 Å². The van der Waals surface area contributed by atoms with Gasteiger partial charge < -0.3 is 25.4 Å². The maximum absolute atomic E-state index is 14.0. The number of esters is 1. The molecule has 1 fully saturated rings. The molecule has 45 heavy (non-hydrogen) atoms. The van der Waals surface area contributed by atoms with Crippen molar-refractivity contribution in [2.24, 2.45) is 17.8 Å². The fraction of sp³-hybridized carbons (Fsp3) is 0.750. The predicted molar refractivity (Wildman–Crippen MR) is 173 cm³/mol. The minimum absolute atomic E-state index is 0.0328. The first-order valence-electron chi connectivity index (χ1n) is 16.0. The standard InChI is InChI=1S/C32H53N5O7S/c1-10-19(4)27(35-29(40)24-13-11-12-14-36(24)8)31(41)37(9)25(18(2)3)16-26(44-22(7)38)30-34-23(17-45-30)28(39)33-21(6)15-20(5)32(42)43/h17-21,24-27H,10-16H2,1-9H3,(H,33,39)(H,35,40)(H,42,43)/t19-,20?,21?,24+,25+,26+,27-/m0/s1. The monoisotopic (exact) mass is 651 g/mol. The number of nitrogens with zero attached hydrogens (tertiary/aromatic N) is 3. The lowest BCUT2D eigenvalue weighted by Gasteiger charge is -2.38. The molecule has 3 N–H and O–H groups in total. The topological polar surface area (TPSA) is 158 Å². The van der Waals surface area contributed by atoms with Crippen molar-refractivity contribution in [3.8, 4) is 0 Å². The van der Waals surface area contributed by atoms with Gasteiger partial charge in [0.1, 0.15) is 16.7 Å². The molecule has 0 spiro atoms. The highest BCUT2D eigenvalue weighted by Gasteiger charge is 2.37. The number of carboxylic acid groups (broad SMARTS) is 1. The number of likely N-dealkylation sites (tertiary alicyclic amines) is 1. The van der Waals surface area contributed by atoms with E-state index in [9.17, 15) is 24.0 Å². The average molecular weight is 652 g/mol. The molecule has 1 aromatic rings. The first kappa shape index (κ1) is 38.1. The van der Waals surface area contributed by atoms with Gasteiger partial charge in [-0.3, -0.25) is 28.9 Å². The molecule has 1 aliphatic rings. The lowest BCUT2D eigenvalue weighted by molar-refractivity contribution is -0.149. The van der Waals surface area contributed by atoms with Crippen LogP contribution in [0.15, 0.2) is 5.38 Å². The molecular weight excluding hydrogens is 598 g/mol. The van der Waals surface area contributed by atoms with Crippen LogP contribution in [0.5, 0.6) is 0 Å². The fourth-order valence-electron chi connectivity index (χ4n) is 5.75. The molecule has 2 unspecified atom stereocenters. The molecule has 0 saturated carbocycles. The second-order valence-electron chi connectivity index (χ2n) is 12.9. The average Bonchev–Trinajstić information content (AvgIpc) is 3.47. The summed E-state index contributed by atoms with van der Waals surface area (Å²) in [4.78, 5) is 71.7. The van der Waals surface area contributed by atoms with Crippen molar-refractivity contribution in [2.45, 2.75) is 117 Å². The molecule has 2 heterocycles. The number of carbonyl (C=O) groups is 5. The fourth-order valence-corrected chi connectivity index (χ4v) is 6.59. The highest BCUT2D eigenvalue weighted by Crippen LogP contribution is 2.31. The van der Waals surface area contributed by atoms with Crippen molar-refractivity contribution in [2.75, 3.05) is 20.6 Å². The summed E-state index contributed by atoms with van der Waals surface area (Å²) in [6.07, 6.45) is 3.17. The predicted octanol–water partition coefficient (Wildman–Crippen LogP) is 3.86. The maximum atomic E-state index is 14.0. The largest absolute Gasteiger partial charge is 0.481 e. The van der Waals surface area contributed by atoms with Crippen LogP contribution in [0, 0.1) is 17.8 Å². The molecular formula is C32H53N5O7S. The second-order valence-corrected chi connectivity index (χ2v) is 13.8. The van der Waals surface area contributed by atoms with Crippen LogP contribution in [0.2, 0.25) is 0 Å². The Morgan fingerprint density at radius 3 is 2.33 bits per heavy atom. The van der Waals surface area contributed by atoms with Gasteiger partial charge >= 0.3 is 11.9 Å². The number of carbonyl (C=O) groups excluding carboxylic acids is 4. The minimum Gasteiger partial charge on any atom is -0.481 e. The van der Waals surface area contributed by atoms with Gasteiger partial charge in [0.05, 0.1) is 12.0 Å². The highest BCUT2D eigenvalue weighted by molar-refractivity contribution is 7.09. The third kappa shape index (κ3) is 11.1. The zero-order valence-corrected chi connectivity index (χ0v) is 29.1. The Balaban J connectivity index is 2.25. The number of amides is 3. The van der Waals surface area contributed by atoms with Gasteiger partial charge in [-0.05, 0) is 51.6 Å². The Hall–Kier alpha value is -3.06. The van der Waals surface area contributed by atoms with Gasteiger partial charge in [-0.15, -0.1) is 11.3 Å². The van der Waals surface area contributed by atoms with Crippen LogP contribution in [-0.2, 0) is 23.9 Å². The van der Waals surface area contributed by atoms with Crippen molar-refractivity contribution in [3.63, 3.8) is 0 Å². The molecule has 1 aliphatic heterocycles. The number of ether oxygens (including phenoxy) is 1. The van der Waals surface area contributed by atoms with Gasteiger partial charge in [0.15, 0.2) is 6.10 Å². The van der Waals surface area contributed by atoms with Crippen molar-refractivity contribution in [1.29, 1.82) is 0 Å². The lowest BCUT2D eigenvalue weighted by atomic mass is 9.92. The van der Waals surface area contributed by atoms with Crippen LogP contribution < -0.4 is 10.6 Å². The van der Waals surface area contributed by atoms with Crippen LogP contribution in [0.25, 0.3) is 0 Å². The summed E-state index contributed by atoms with van der Waals surface area (Å²) in [5.41, 5.74) is 0.139. The third-order valence-corrected chi connectivity index (χ3v) is 9.70. The second kappa shape index (κ2) is 17.6. The van der Waals surface area contributed by atoms with E-state index in [-0.39, 0.29) is 60.3 Å². The van der Waals surface area contributed by atoms with Gasteiger partial charge in [-0.1, -0.05) is 47.5 Å². The number of piperidine rings is 1. The van der Waals surface area contributed by atoms with E-state index in [4.69, 9.17) is 9.84 Å². The van der Waals surface area contributed by atoms with E-state index in [1.54, 1.807) is 31.2 Å². The first-order valence-corrected chi connectivity index (χ1v) is 16.9. The molecule has 0 aromatic carbocycles. The molecule has 0 radical (unpaired) electrons. The number of aromatic nitrogens is 1. The van der Waals surface area contributed by atoms with Gasteiger partial charge in [0.25, 0.3) is 5.91 Å². The van der Waals surface area contributed by atoms with Crippen molar-refractivity contribution in [3.05, 3.63) is 16.1 Å². The molecule has 1 aromatic heterocycles. The normalized spacial score (nSPS) is 19.5. The van der Waals surface area contributed by atoms with E-state index in [1.165, 1.54) is 18.3 Å². The van der Waals surface area contributed by atoms with E-state index < -0.39 is 35.9 Å². The van der Waals surface area contributed by atoms with Crippen LogP contribution in [-0.4, -0.2) is 94.4 Å². The molecule has 1 saturated heterocycles. The van der Waals surface area contributed by atoms with Crippen molar-refractivity contribution in [1.82, 2.24) is 25.4 Å². The summed E-state index contributed by atoms with van der Waals surface area (Å²) in [6, 6.07) is -1.74. The van der Waals surface area contributed by atoms with Crippen LogP contribution in [0.1, 0.15) is 109 Å². The van der Waals surface area contributed by atoms with Gasteiger partial charge in [-0.25, -0.2) is 4.98 Å². The highest BCUT2D eigenvalue weighted by atomic mass is 32.1. The number of hydrogen-bond acceptors (Lipinski definition) is 9. The molecule has 13 heteroatoms.